The van der Waals surface area contributed by atoms with Crippen molar-refractivity contribution in [3.05, 3.63) is 83.2 Å². The number of carbonyl (C=O) groups excluding carboxylic acids is 3. The molecule has 2 fully saturated rings. The molecule has 0 bridgehead atoms. The molecule has 282 valence electrons. The molecule has 4 aromatic rings. The number of benzene rings is 3. The van der Waals surface area contributed by atoms with E-state index in [-0.39, 0.29) is 46.9 Å². The number of aromatic nitrogens is 2. The van der Waals surface area contributed by atoms with Gasteiger partial charge in [-0.15, -0.1) is 0 Å². The number of nitrogens with zero attached hydrogens (tertiary/aromatic N) is 1. The Hall–Kier alpha value is -4.89. The van der Waals surface area contributed by atoms with Crippen LogP contribution in [0.4, 0.5) is 27.6 Å². The molecule has 1 aromatic heterocycles. The van der Waals surface area contributed by atoms with Crippen molar-refractivity contribution in [2.45, 2.75) is 69.6 Å². The molecular weight excluding hydrogens is 697 g/mol. The van der Waals surface area contributed by atoms with E-state index in [1.165, 1.54) is 18.2 Å². The van der Waals surface area contributed by atoms with Gasteiger partial charge in [0.2, 0.25) is 11.8 Å². The minimum atomic E-state index is -5.85. The van der Waals surface area contributed by atoms with E-state index < -0.39 is 29.9 Å². The van der Waals surface area contributed by atoms with Crippen molar-refractivity contribution in [2.75, 3.05) is 25.0 Å². The van der Waals surface area contributed by atoms with E-state index in [1.54, 1.807) is 6.07 Å². The molecule has 0 spiro atoms. The third kappa shape index (κ3) is 8.68. The zero-order chi connectivity index (χ0) is 37.9. The number of amides is 3. The van der Waals surface area contributed by atoms with Gasteiger partial charge in [-0.05, 0) is 111 Å². The Bertz CT molecular complexity index is 1950. The molecule has 1 aliphatic heterocycles. The average molecular weight is 740 g/mol. The Morgan fingerprint density at radius 1 is 0.943 bits per heavy atom. The second-order valence-corrected chi connectivity index (χ2v) is 14.0. The van der Waals surface area contributed by atoms with Crippen LogP contribution in [-0.4, -0.2) is 65.6 Å². The average Bonchev–Trinajstić information content (AvgIpc) is 3.81. The van der Waals surface area contributed by atoms with Gasteiger partial charge in [0.05, 0.1) is 11.0 Å². The molecule has 15 heteroatoms. The summed E-state index contributed by atoms with van der Waals surface area (Å²) in [5.74, 6) is -7.71. The maximum absolute atomic E-state index is 13.9. The van der Waals surface area contributed by atoms with Gasteiger partial charge in [-0.25, -0.2) is 4.98 Å². The minimum Gasteiger partial charge on any atom is -0.348 e. The van der Waals surface area contributed by atoms with Crippen LogP contribution < -0.4 is 27.0 Å². The highest BCUT2D eigenvalue weighted by molar-refractivity contribution is 5.99. The number of nitrogens with one attached hydrogen (secondary N) is 5. The lowest BCUT2D eigenvalue weighted by Crippen LogP contribution is -2.48. The van der Waals surface area contributed by atoms with E-state index in [1.807, 2.05) is 48.3 Å². The minimum absolute atomic E-state index is 0.104. The molecule has 0 radical (unpaired) electrons. The lowest BCUT2D eigenvalue weighted by Gasteiger charge is -2.28. The molecule has 3 amide bonds. The number of hydrogen-bond donors (Lipinski definition) is 6. The second kappa shape index (κ2) is 15.6. The summed E-state index contributed by atoms with van der Waals surface area (Å²) in [6, 6.07) is 15.8. The van der Waals surface area contributed by atoms with E-state index in [2.05, 4.69) is 26.3 Å². The Balaban J connectivity index is 1.18. The lowest BCUT2D eigenvalue weighted by molar-refractivity contribution is -0.292. The third-order valence-corrected chi connectivity index (χ3v) is 10.2. The summed E-state index contributed by atoms with van der Waals surface area (Å²) in [6.45, 7) is 4.09. The summed E-state index contributed by atoms with van der Waals surface area (Å²) >= 11 is 0. The fourth-order valence-corrected chi connectivity index (χ4v) is 6.99. The molecular formula is C38H42F5N7O3. The number of carbonyl (C=O) groups is 3. The Morgan fingerprint density at radius 3 is 2.32 bits per heavy atom. The molecule has 3 aromatic carbocycles. The van der Waals surface area contributed by atoms with Crippen molar-refractivity contribution in [1.82, 2.24) is 25.9 Å². The molecule has 2 heterocycles. The van der Waals surface area contributed by atoms with Gasteiger partial charge in [0.15, 0.2) is 5.82 Å². The summed E-state index contributed by atoms with van der Waals surface area (Å²) in [7, 11) is 0. The molecule has 1 saturated heterocycles. The van der Waals surface area contributed by atoms with Gasteiger partial charge in [0, 0.05) is 36.2 Å². The van der Waals surface area contributed by atoms with Crippen LogP contribution in [0.25, 0.3) is 22.2 Å². The van der Waals surface area contributed by atoms with Crippen molar-refractivity contribution in [2.24, 2.45) is 17.6 Å². The number of aromatic amines is 1. The van der Waals surface area contributed by atoms with Gasteiger partial charge in [-0.3, -0.25) is 14.4 Å². The molecule has 2 atom stereocenters. The quantitative estimate of drug-likeness (QED) is 0.108. The first kappa shape index (κ1) is 37.9. The number of H-pyrrole nitrogens is 1. The largest absolute Gasteiger partial charge is 0.461 e. The number of halogens is 5. The molecule has 7 N–H and O–H groups in total. The molecule has 1 aliphatic carbocycles. The number of anilines is 1. The van der Waals surface area contributed by atoms with Crippen LogP contribution in [0.15, 0.2) is 60.7 Å². The molecule has 1 unspecified atom stereocenters. The van der Waals surface area contributed by atoms with Crippen LogP contribution in [0.1, 0.15) is 59.4 Å². The zero-order valence-corrected chi connectivity index (χ0v) is 29.1. The van der Waals surface area contributed by atoms with Crippen molar-refractivity contribution >= 4 is 34.4 Å². The SMILES string of the molecule is Cc1cc(C(=O)NC2CCNC2)ccc1-c1ccc(C[C@H](NC(=O)C2CCC(CN)CC2)C(=O)Nc2ccc3nc(C(F)(F)C(F)(F)F)[nH]c3c2)cc1. The number of hydrogen-bond acceptors (Lipinski definition) is 6. The lowest BCUT2D eigenvalue weighted by atomic mass is 9.81. The van der Waals surface area contributed by atoms with Crippen molar-refractivity contribution in [3.63, 3.8) is 0 Å². The van der Waals surface area contributed by atoms with Gasteiger partial charge < -0.3 is 32.0 Å². The van der Waals surface area contributed by atoms with E-state index in [4.69, 9.17) is 5.73 Å². The van der Waals surface area contributed by atoms with Crippen LogP contribution in [0.3, 0.4) is 0 Å². The Morgan fingerprint density at radius 2 is 1.68 bits per heavy atom. The predicted molar refractivity (Wildman–Crippen MR) is 190 cm³/mol. The maximum Gasteiger partial charge on any atom is 0.461 e. The van der Waals surface area contributed by atoms with Crippen molar-refractivity contribution in [3.8, 4) is 11.1 Å². The van der Waals surface area contributed by atoms with Crippen LogP contribution in [0, 0.1) is 18.8 Å². The van der Waals surface area contributed by atoms with E-state index >= 15 is 0 Å². The summed E-state index contributed by atoms with van der Waals surface area (Å²) < 4.78 is 66.7. The summed E-state index contributed by atoms with van der Waals surface area (Å²) in [5.41, 5.74) is 9.69. The molecule has 10 nitrogen and oxygen atoms in total. The fourth-order valence-electron chi connectivity index (χ4n) is 6.99. The number of nitrogens with two attached hydrogens (primary N) is 1. The Kier molecular flexibility index (Phi) is 11.1. The number of rotatable bonds is 11. The van der Waals surface area contributed by atoms with Gasteiger partial charge >= 0.3 is 12.1 Å². The molecule has 1 saturated carbocycles. The first-order chi connectivity index (χ1) is 25.2. The summed E-state index contributed by atoms with van der Waals surface area (Å²) in [5, 5.41) is 11.9. The van der Waals surface area contributed by atoms with Gasteiger partial charge in [0.1, 0.15) is 6.04 Å². The number of aryl methyl sites for hydroxylation is 1. The van der Waals surface area contributed by atoms with E-state index in [9.17, 15) is 36.3 Å². The van der Waals surface area contributed by atoms with Gasteiger partial charge in [-0.1, -0.05) is 30.3 Å². The fraction of sp³-hybridized carbons (Fsp3) is 0.421. The first-order valence-electron chi connectivity index (χ1n) is 17.7. The normalized spacial score (nSPS) is 19.9. The van der Waals surface area contributed by atoms with Crippen molar-refractivity contribution in [1.29, 1.82) is 0 Å². The highest BCUT2D eigenvalue weighted by atomic mass is 19.4. The van der Waals surface area contributed by atoms with Crippen LogP contribution in [0.5, 0.6) is 0 Å². The zero-order valence-electron chi connectivity index (χ0n) is 29.1. The third-order valence-electron chi connectivity index (χ3n) is 10.2. The maximum atomic E-state index is 13.9. The van der Waals surface area contributed by atoms with Crippen LogP contribution in [-0.2, 0) is 21.9 Å². The topological polar surface area (TPSA) is 154 Å². The van der Waals surface area contributed by atoms with E-state index in [0.717, 1.165) is 54.6 Å². The van der Waals surface area contributed by atoms with Crippen molar-refractivity contribution < 1.29 is 36.3 Å². The standard InChI is InChI=1S/C38H42F5N7O3/c1-21-16-26(34(52)47-28-14-15-45-20-28)10-12-29(21)24-6-2-22(3-7-24)17-32(48-33(51)25-8-4-23(19-44)5-9-25)35(53)46-27-11-13-30-31(18-27)50-36(49-30)37(39,40)38(41,42)43/h2-3,6-7,10-13,16,18,23,25,28,32,45H,4-5,8-9,14-15,17,19-20,44H2,1H3,(H,46,53)(H,47,52)(H,48,51)(H,49,50)/t23?,25?,28?,32-/m0/s1. The highest BCUT2D eigenvalue weighted by Crippen LogP contribution is 2.43. The number of imidazole rings is 1. The molecule has 6 rings (SSSR count). The van der Waals surface area contributed by atoms with Gasteiger partial charge in [0.25, 0.3) is 5.91 Å². The van der Waals surface area contributed by atoms with Gasteiger partial charge in [-0.2, -0.15) is 22.0 Å². The highest BCUT2D eigenvalue weighted by Gasteiger charge is 2.61. The predicted octanol–water partition coefficient (Wildman–Crippen LogP) is 5.72. The monoisotopic (exact) mass is 739 g/mol. The summed E-state index contributed by atoms with van der Waals surface area (Å²) in [4.78, 5) is 45.3. The smallest absolute Gasteiger partial charge is 0.348 e. The number of fused-ring (bicyclic) bond motifs is 1. The van der Waals surface area contributed by atoms with E-state index in [0.29, 0.717) is 30.9 Å². The molecule has 2 aliphatic rings. The first-order valence-corrected chi connectivity index (χ1v) is 17.7. The second-order valence-electron chi connectivity index (χ2n) is 14.0. The Labute approximate surface area is 302 Å². The molecule has 53 heavy (non-hydrogen) atoms. The van der Waals surface area contributed by atoms with Crippen LogP contribution >= 0.6 is 0 Å². The number of alkyl halides is 5. The van der Waals surface area contributed by atoms with Crippen LogP contribution in [0.2, 0.25) is 0 Å². The summed E-state index contributed by atoms with van der Waals surface area (Å²) in [6.07, 6.45) is -1.98.